The van der Waals surface area contributed by atoms with Gasteiger partial charge >= 0.3 is 0 Å². The van der Waals surface area contributed by atoms with Crippen LogP contribution in [0.25, 0.3) is 0 Å². The molecule has 0 spiro atoms. The van der Waals surface area contributed by atoms with Crippen molar-refractivity contribution in [3.8, 4) is 0 Å². The summed E-state index contributed by atoms with van der Waals surface area (Å²) >= 11 is 11.6. The van der Waals surface area contributed by atoms with E-state index >= 15 is 0 Å². The molecule has 0 aromatic heterocycles. The van der Waals surface area contributed by atoms with E-state index in [1.54, 1.807) is 4.90 Å². The van der Waals surface area contributed by atoms with E-state index < -0.39 is 5.82 Å². The second-order valence-corrected chi connectivity index (χ2v) is 5.08. The molecule has 1 aliphatic rings. The quantitative estimate of drug-likeness (QED) is 0.755. The van der Waals surface area contributed by atoms with E-state index in [1.165, 1.54) is 12.1 Å². The van der Waals surface area contributed by atoms with Gasteiger partial charge in [-0.3, -0.25) is 4.79 Å². The van der Waals surface area contributed by atoms with Gasteiger partial charge in [0.05, 0.1) is 5.02 Å². The highest BCUT2D eigenvalue weighted by Gasteiger charge is 2.28. The van der Waals surface area contributed by atoms with Crippen molar-refractivity contribution < 1.29 is 9.18 Å². The Bertz CT molecular complexity index is 464. The van der Waals surface area contributed by atoms with Crippen LogP contribution in [-0.2, 0) is 11.3 Å². The summed E-state index contributed by atoms with van der Waals surface area (Å²) in [6.07, 6.45) is 1.39. The predicted molar refractivity (Wildman–Crippen MR) is 65.7 cm³/mol. The van der Waals surface area contributed by atoms with E-state index in [0.717, 1.165) is 6.42 Å². The molecular formula is C12H12Cl2FNO. The van der Waals surface area contributed by atoms with Crippen molar-refractivity contribution >= 4 is 29.1 Å². The standard InChI is InChI=1S/C12H12Cl2FNO/c1-7-2-3-12(17)16(7)6-8-4-11(15)10(14)5-9(8)13/h4-5,7H,2-3,6H2,1H3/t7-/m0/s1. The van der Waals surface area contributed by atoms with Gasteiger partial charge in [0, 0.05) is 24.0 Å². The Labute approximate surface area is 109 Å². The van der Waals surface area contributed by atoms with Gasteiger partial charge in [-0.05, 0) is 31.0 Å². The fourth-order valence-electron chi connectivity index (χ4n) is 1.99. The Kier molecular flexibility index (Phi) is 3.59. The lowest BCUT2D eigenvalue weighted by Gasteiger charge is -2.22. The zero-order valence-corrected chi connectivity index (χ0v) is 10.9. The van der Waals surface area contributed by atoms with Crippen LogP contribution in [0.3, 0.4) is 0 Å². The van der Waals surface area contributed by atoms with E-state index in [-0.39, 0.29) is 17.0 Å². The number of rotatable bonds is 2. The molecule has 5 heteroatoms. The molecule has 1 aliphatic heterocycles. The molecule has 0 N–H and O–H groups in total. The molecule has 1 saturated heterocycles. The van der Waals surface area contributed by atoms with Crippen molar-refractivity contribution in [2.45, 2.75) is 32.4 Å². The summed E-state index contributed by atoms with van der Waals surface area (Å²) in [7, 11) is 0. The molecule has 0 unspecified atom stereocenters. The van der Waals surface area contributed by atoms with Gasteiger partial charge in [0.15, 0.2) is 0 Å². The molecule has 1 heterocycles. The highest BCUT2D eigenvalue weighted by atomic mass is 35.5. The minimum absolute atomic E-state index is 0.000420. The first-order valence-corrected chi connectivity index (χ1v) is 6.17. The molecule has 2 nitrogen and oxygen atoms in total. The number of hydrogen-bond acceptors (Lipinski definition) is 1. The van der Waals surface area contributed by atoms with Crippen LogP contribution >= 0.6 is 23.2 Å². The second kappa shape index (κ2) is 4.83. The number of carbonyl (C=O) groups is 1. The highest BCUT2D eigenvalue weighted by Crippen LogP contribution is 2.28. The monoisotopic (exact) mass is 275 g/mol. The second-order valence-electron chi connectivity index (χ2n) is 4.27. The molecule has 17 heavy (non-hydrogen) atoms. The third-order valence-corrected chi connectivity index (χ3v) is 3.70. The first-order valence-electron chi connectivity index (χ1n) is 5.42. The average Bonchev–Trinajstić information content (AvgIpc) is 2.57. The average molecular weight is 276 g/mol. The summed E-state index contributed by atoms with van der Waals surface area (Å²) in [5, 5.41) is 0.392. The lowest BCUT2D eigenvalue weighted by Crippen LogP contribution is -2.30. The lowest BCUT2D eigenvalue weighted by atomic mass is 10.2. The summed E-state index contributed by atoms with van der Waals surface area (Å²) in [6.45, 7) is 2.32. The van der Waals surface area contributed by atoms with Gasteiger partial charge in [0.1, 0.15) is 5.82 Å². The first kappa shape index (κ1) is 12.7. The topological polar surface area (TPSA) is 20.3 Å². The lowest BCUT2D eigenvalue weighted by molar-refractivity contribution is -0.129. The van der Waals surface area contributed by atoms with Crippen LogP contribution in [0.4, 0.5) is 4.39 Å². The molecule has 0 radical (unpaired) electrons. The zero-order chi connectivity index (χ0) is 12.6. The highest BCUT2D eigenvalue weighted by molar-refractivity contribution is 6.35. The molecular weight excluding hydrogens is 264 g/mol. The van der Waals surface area contributed by atoms with Gasteiger partial charge < -0.3 is 4.90 Å². The van der Waals surface area contributed by atoms with E-state index in [0.29, 0.717) is 23.6 Å². The molecule has 0 saturated carbocycles. The van der Waals surface area contributed by atoms with Gasteiger partial charge in [-0.25, -0.2) is 4.39 Å². The maximum absolute atomic E-state index is 13.3. The minimum Gasteiger partial charge on any atom is -0.336 e. The molecule has 1 aromatic carbocycles. The Morgan fingerprint density at radius 1 is 1.41 bits per heavy atom. The van der Waals surface area contributed by atoms with Crippen molar-refractivity contribution in [3.63, 3.8) is 0 Å². The Balaban J connectivity index is 2.24. The molecule has 2 rings (SSSR count). The summed E-state index contributed by atoms with van der Waals surface area (Å²) < 4.78 is 13.3. The van der Waals surface area contributed by atoms with Crippen LogP contribution in [0.5, 0.6) is 0 Å². The zero-order valence-electron chi connectivity index (χ0n) is 9.34. The maximum Gasteiger partial charge on any atom is 0.223 e. The summed E-state index contributed by atoms with van der Waals surface area (Å²) in [5.41, 5.74) is 0.593. The van der Waals surface area contributed by atoms with Gasteiger partial charge in [0.25, 0.3) is 0 Å². The molecule has 1 atom stereocenters. The Morgan fingerprint density at radius 3 is 2.71 bits per heavy atom. The number of carbonyl (C=O) groups excluding carboxylic acids is 1. The van der Waals surface area contributed by atoms with Crippen molar-refractivity contribution in [3.05, 3.63) is 33.6 Å². The molecule has 0 bridgehead atoms. The van der Waals surface area contributed by atoms with Crippen LogP contribution in [0.15, 0.2) is 12.1 Å². The van der Waals surface area contributed by atoms with Crippen LogP contribution in [-0.4, -0.2) is 16.8 Å². The number of amides is 1. The maximum atomic E-state index is 13.3. The third kappa shape index (κ3) is 2.55. The number of hydrogen-bond donors (Lipinski definition) is 0. The third-order valence-electron chi connectivity index (χ3n) is 3.06. The van der Waals surface area contributed by atoms with Crippen LogP contribution in [0, 0.1) is 5.82 Å². The number of likely N-dealkylation sites (tertiary alicyclic amines) is 1. The summed E-state index contributed by atoms with van der Waals surface area (Å²) in [5.74, 6) is -0.422. The van der Waals surface area contributed by atoms with Gasteiger partial charge in [-0.15, -0.1) is 0 Å². The van der Waals surface area contributed by atoms with Crippen LogP contribution < -0.4 is 0 Å². The van der Waals surface area contributed by atoms with Gasteiger partial charge in [-0.1, -0.05) is 23.2 Å². The fourth-order valence-corrected chi connectivity index (χ4v) is 2.43. The van der Waals surface area contributed by atoms with Gasteiger partial charge in [0.2, 0.25) is 5.91 Å². The van der Waals surface area contributed by atoms with E-state index in [2.05, 4.69) is 0 Å². The van der Waals surface area contributed by atoms with Crippen molar-refractivity contribution in [1.82, 2.24) is 4.90 Å². The van der Waals surface area contributed by atoms with Gasteiger partial charge in [-0.2, -0.15) is 0 Å². The first-order chi connectivity index (χ1) is 7.99. The predicted octanol–water partition coefficient (Wildman–Crippen LogP) is 3.64. The Hall–Kier alpha value is -0.800. The number of halogens is 3. The smallest absolute Gasteiger partial charge is 0.223 e. The normalized spacial score (nSPS) is 20.1. The van der Waals surface area contributed by atoms with Crippen molar-refractivity contribution in [2.75, 3.05) is 0 Å². The van der Waals surface area contributed by atoms with E-state index in [4.69, 9.17) is 23.2 Å². The fraction of sp³-hybridized carbons (Fsp3) is 0.417. The number of nitrogens with zero attached hydrogens (tertiary/aromatic N) is 1. The van der Waals surface area contributed by atoms with Crippen LogP contribution in [0.2, 0.25) is 10.0 Å². The number of benzene rings is 1. The Morgan fingerprint density at radius 2 is 2.12 bits per heavy atom. The largest absolute Gasteiger partial charge is 0.336 e. The molecule has 92 valence electrons. The van der Waals surface area contributed by atoms with Crippen molar-refractivity contribution in [2.24, 2.45) is 0 Å². The summed E-state index contributed by atoms with van der Waals surface area (Å²) in [6, 6.07) is 2.85. The summed E-state index contributed by atoms with van der Waals surface area (Å²) in [4.78, 5) is 13.3. The molecule has 1 aromatic rings. The molecule has 1 fully saturated rings. The van der Waals surface area contributed by atoms with E-state index in [9.17, 15) is 9.18 Å². The molecule has 0 aliphatic carbocycles. The minimum atomic E-state index is -0.509. The SMILES string of the molecule is C[C@H]1CCC(=O)N1Cc1cc(F)c(Cl)cc1Cl. The van der Waals surface area contributed by atoms with Crippen LogP contribution in [0.1, 0.15) is 25.3 Å². The van der Waals surface area contributed by atoms with Crippen molar-refractivity contribution in [1.29, 1.82) is 0 Å². The molecule has 1 amide bonds. The van der Waals surface area contributed by atoms with E-state index in [1.807, 2.05) is 6.92 Å².